The van der Waals surface area contributed by atoms with Gasteiger partial charge in [-0.15, -0.1) is 0 Å². The molecule has 0 radical (unpaired) electrons. The second-order valence-corrected chi connectivity index (χ2v) is 7.01. The van der Waals surface area contributed by atoms with Gasteiger partial charge in [-0.2, -0.15) is 0 Å². The molecule has 3 aromatic rings. The van der Waals surface area contributed by atoms with Crippen molar-refractivity contribution in [3.63, 3.8) is 0 Å². The van der Waals surface area contributed by atoms with Crippen LogP contribution in [-0.4, -0.2) is 50.4 Å². The second-order valence-electron chi connectivity index (χ2n) is 7.01. The summed E-state index contributed by atoms with van der Waals surface area (Å²) in [6, 6.07) is 8.90. The Morgan fingerprint density at radius 3 is 2.28 bits per heavy atom. The van der Waals surface area contributed by atoms with Gasteiger partial charge in [-0.05, 0) is 30.2 Å². The van der Waals surface area contributed by atoms with E-state index in [0.717, 1.165) is 5.56 Å². The molecule has 1 aromatic heterocycles. The molecule has 0 spiro atoms. The van der Waals surface area contributed by atoms with E-state index in [1.807, 2.05) is 18.2 Å². The molecule has 9 nitrogen and oxygen atoms in total. The number of nitrogens with one attached hydrogen (secondary N) is 1. The van der Waals surface area contributed by atoms with Gasteiger partial charge in [-0.25, -0.2) is 4.98 Å². The standard InChI is InChI=1S/C23H27N3O6/c1-29-18-6-5-15(11-19(18)30-2)7-9-24-22(27)8-10-26-14-25-17-13-21(32-4)20(31-3)12-16(17)23(26)28/h5-6,11-14H,7-10H2,1-4H3,(H,24,27). The van der Waals surface area contributed by atoms with Crippen LogP contribution >= 0.6 is 0 Å². The van der Waals surface area contributed by atoms with E-state index >= 15 is 0 Å². The van der Waals surface area contributed by atoms with E-state index < -0.39 is 0 Å². The number of carbonyl (C=O) groups excluding carboxylic acids is 1. The highest BCUT2D eigenvalue weighted by Crippen LogP contribution is 2.30. The Bertz CT molecular complexity index is 1160. The predicted octanol–water partition coefficient (Wildman–Crippen LogP) is 2.18. The summed E-state index contributed by atoms with van der Waals surface area (Å²) >= 11 is 0. The molecule has 9 heteroatoms. The van der Waals surface area contributed by atoms with Crippen molar-refractivity contribution in [1.82, 2.24) is 14.9 Å². The minimum atomic E-state index is -0.242. The van der Waals surface area contributed by atoms with E-state index in [2.05, 4.69) is 10.3 Å². The number of ether oxygens (including phenoxy) is 4. The van der Waals surface area contributed by atoms with Gasteiger partial charge < -0.3 is 24.3 Å². The quantitative estimate of drug-likeness (QED) is 0.515. The van der Waals surface area contributed by atoms with Crippen LogP contribution in [0, 0.1) is 0 Å². The molecule has 3 rings (SSSR count). The van der Waals surface area contributed by atoms with Crippen molar-refractivity contribution in [2.75, 3.05) is 35.0 Å². The Morgan fingerprint density at radius 1 is 0.938 bits per heavy atom. The van der Waals surface area contributed by atoms with Crippen LogP contribution in [0.5, 0.6) is 23.0 Å². The number of methoxy groups -OCH3 is 4. The van der Waals surface area contributed by atoms with Crippen LogP contribution in [-0.2, 0) is 17.8 Å². The van der Waals surface area contributed by atoms with Gasteiger partial charge in [0.15, 0.2) is 23.0 Å². The lowest BCUT2D eigenvalue weighted by atomic mass is 10.1. The van der Waals surface area contributed by atoms with Gasteiger partial charge in [0.1, 0.15) is 0 Å². The number of benzene rings is 2. The fraction of sp³-hybridized carbons (Fsp3) is 0.348. The van der Waals surface area contributed by atoms with Crippen LogP contribution in [0.3, 0.4) is 0 Å². The van der Waals surface area contributed by atoms with Crippen molar-refractivity contribution in [2.24, 2.45) is 0 Å². The zero-order valence-electron chi connectivity index (χ0n) is 18.6. The van der Waals surface area contributed by atoms with Crippen LogP contribution in [0.1, 0.15) is 12.0 Å². The number of hydrogen-bond donors (Lipinski definition) is 1. The summed E-state index contributed by atoms with van der Waals surface area (Å²) in [4.78, 5) is 29.4. The first-order chi connectivity index (χ1) is 15.5. The molecule has 0 aliphatic carbocycles. The average Bonchev–Trinajstić information content (AvgIpc) is 2.82. The number of carbonyl (C=O) groups is 1. The van der Waals surface area contributed by atoms with Gasteiger partial charge in [-0.3, -0.25) is 14.2 Å². The molecule has 2 aromatic carbocycles. The van der Waals surface area contributed by atoms with Crippen LogP contribution in [0.25, 0.3) is 10.9 Å². The molecule has 0 atom stereocenters. The second kappa shape index (κ2) is 10.5. The Balaban J connectivity index is 1.59. The molecule has 0 aliphatic rings. The number of fused-ring (bicyclic) bond motifs is 1. The molecular weight excluding hydrogens is 414 g/mol. The van der Waals surface area contributed by atoms with E-state index in [1.54, 1.807) is 26.4 Å². The monoisotopic (exact) mass is 441 g/mol. The maximum atomic E-state index is 12.8. The van der Waals surface area contributed by atoms with Crippen molar-refractivity contribution >= 4 is 16.8 Å². The minimum Gasteiger partial charge on any atom is -0.493 e. The van der Waals surface area contributed by atoms with Crippen LogP contribution in [0.4, 0.5) is 0 Å². The lowest BCUT2D eigenvalue weighted by Crippen LogP contribution is -2.29. The summed E-state index contributed by atoms with van der Waals surface area (Å²) < 4.78 is 22.5. The molecule has 170 valence electrons. The highest BCUT2D eigenvalue weighted by atomic mass is 16.5. The minimum absolute atomic E-state index is 0.148. The number of nitrogens with zero attached hydrogens (tertiary/aromatic N) is 2. The van der Waals surface area contributed by atoms with Crippen molar-refractivity contribution < 1.29 is 23.7 Å². The zero-order chi connectivity index (χ0) is 23.1. The first-order valence-electron chi connectivity index (χ1n) is 10.1. The van der Waals surface area contributed by atoms with Gasteiger partial charge in [0.05, 0.1) is 45.7 Å². The number of aromatic nitrogens is 2. The van der Waals surface area contributed by atoms with Crippen molar-refractivity contribution in [2.45, 2.75) is 19.4 Å². The smallest absolute Gasteiger partial charge is 0.261 e. The lowest BCUT2D eigenvalue weighted by molar-refractivity contribution is -0.121. The SMILES string of the molecule is COc1ccc(CCNC(=O)CCn2cnc3cc(OC)c(OC)cc3c2=O)cc1OC. The van der Waals surface area contributed by atoms with Crippen LogP contribution in [0.15, 0.2) is 41.5 Å². The third-order valence-corrected chi connectivity index (χ3v) is 5.09. The molecule has 32 heavy (non-hydrogen) atoms. The number of rotatable bonds is 10. The predicted molar refractivity (Wildman–Crippen MR) is 120 cm³/mol. The highest BCUT2D eigenvalue weighted by molar-refractivity contribution is 5.81. The summed E-state index contributed by atoms with van der Waals surface area (Å²) in [7, 11) is 6.20. The van der Waals surface area contributed by atoms with Crippen LogP contribution < -0.4 is 29.8 Å². The number of aryl methyl sites for hydroxylation is 1. The van der Waals surface area contributed by atoms with Gasteiger partial charge in [0.25, 0.3) is 5.56 Å². The summed E-state index contributed by atoms with van der Waals surface area (Å²) in [5.41, 5.74) is 1.28. The summed E-state index contributed by atoms with van der Waals surface area (Å²) in [6.45, 7) is 0.689. The fourth-order valence-electron chi connectivity index (χ4n) is 3.34. The normalized spacial score (nSPS) is 10.6. The molecule has 0 unspecified atom stereocenters. The molecule has 1 N–H and O–H groups in total. The van der Waals surface area contributed by atoms with E-state index in [9.17, 15) is 9.59 Å². The summed E-state index contributed by atoms with van der Waals surface area (Å²) in [5, 5.41) is 3.28. The molecule has 1 heterocycles. The zero-order valence-corrected chi connectivity index (χ0v) is 18.6. The van der Waals surface area contributed by atoms with Gasteiger partial charge >= 0.3 is 0 Å². The number of amides is 1. The number of hydrogen-bond acceptors (Lipinski definition) is 7. The molecule has 0 bridgehead atoms. The first-order valence-corrected chi connectivity index (χ1v) is 10.1. The van der Waals surface area contributed by atoms with Crippen molar-refractivity contribution in [3.8, 4) is 23.0 Å². The topological polar surface area (TPSA) is 101 Å². The Labute approximate surface area is 185 Å². The summed E-state index contributed by atoms with van der Waals surface area (Å²) in [6.07, 6.45) is 2.24. The average molecular weight is 441 g/mol. The fourth-order valence-corrected chi connectivity index (χ4v) is 3.34. The first kappa shape index (κ1) is 22.9. The largest absolute Gasteiger partial charge is 0.493 e. The summed E-state index contributed by atoms with van der Waals surface area (Å²) in [5.74, 6) is 2.10. The molecule has 0 aliphatic heterocycles. The lowest BCUT2D eigenvalue weighted by Gasteiger charge is -2.11. The van der Waals surface area contributed by atoms with Crippen molar-refractivity contribution in [3.05, 3.63) is 52.6 Å². The van der Waals surface area contributed by atoms with Gasteiger partial charge in [0, 0.05) is 25.6 Å². The molecule has 0 saturated carbocycles. The van der Waals surface area contributed by atoms with Gasteiger partial charge in [0.2, 0.25) is 5.91 Å². The Hall–Kier alpha value is -3.75. The highest BCUT2D eigenvalue weighted by Gasteiger charge is 2.12. The Morgan fingerprint density at radius 2 is 1.59 bits per heavy atom. The maximum Gasteiger partial charge on any atom is 0.261 e. The third kappa shape index (κ3) is 5.11. The van der Waals surface area contributed by atoms with E-state index in [4.69, 9.17) is 18.9 Å². The molecular formula is C23H27N3O6. The maximum absolute atomic E-state index is 12.8. The van der Waals surface area contributed by atoms with Crippen molar-refractivity contribution in [1.29, 1.82) is 0 Å². The molecule has 1 amide bonds. The molecule has 0 saturated heterocycles. The molecule has 0 fully saturated rings. The van der Waals surface area contributed by atoms with E-state index in [-0.39, 0.29) is 24.4 Å². The Kier molecular flexibility index (Phi) is 7.54. The van der Waals surface area contributed by atoms with Gasteiger partial charge in [-0.1, -0.05) is 6.07 Å². The van der Waals surface area contributed by atoms with E-state index in [1.165, 1.54) is 25.1 Å². The van der Waals surface area contributed by atoms with E-state index in [0.29, 0.717) is 46.9 Å². The third-order valence-electron chi connectivity index (χ3n) is 5.09. The van der Waals surface area contributed by atoms with Crippen LogP contribution in [0.2, 0.25) is 0 Å².